The highest BCUT2D eigenvalue weighted by Gasteiger charge is 2.18. The van der Waals surface area contributed by atoms with Crippen LogP contribution in [0, 0.1) is 0 Å². The minimum absolute atomic E-state index is 0.245. The first-order valence-corrected chi connectivity index (χ1v) is 6.91. The van der Waals surface area contributed by atoms with Crippen LogP contribution in [0.4, 0.5) is 10.5 Å². The van der Waals surface area contributed by atoms with Gasteiger partial charge >= 0.3 is 6.03 Å². The molecule has 3 nitrogen and oxygen atoms in total. The smallest absolute Gasteiger partial charge is 0.319 e. The zero-order valence-corrected chi connectivity index (χ0v) is 11.9. The van der Waals surface area contributed by atoms with E-state index in [4.69, 9.17) is 34.8 Å². The normalized spacial score (nSPS) is 15.7. The summed E-state index contributed by atoms with van der Waals surface area (Å²) >= 11 is 17.8. The van der Waals surface area contributed by atoms with Crippen molar-refractivity contribution in [2.45, 2.75) is 31.7 Å². The van der Waals surface area contributed by atoms with Crippen molar-refractivity contribution >= 4 is 46.5 Å². The van der Waals surface area contributed by atoms with Crippen molar-refractivity contribution < 1.29 is 4.79 Å². The van der Waals surface area contributed by atoms with Crippen LogP contribution in [0.15, 0.2) is 12.1 Å². The topological polar surface area (TPSA) is 41.1 Å². The van der Waals surface area contributed by atoms with Crippen molar-refractivity contribution in [3.05, 3.63) is 27.2 Å². The lowest BCUT2D eigenvalue weighted by Crippen LogP contribution is -2.36. The summed E-state index contributed by atoms with van der Waals surface area (Å²) < 4.78 is 0. The zero-order chi connectivity index (χ0) is 13.1. The lowest BCUT2D eigenvalue weighted by atomic mass is 10.2. The van der Waals surface area contributed by atoms with Gasteiger partial charge in [-0.2, -0.15) is 0 Å². The number of urea groups is 1. The van der Waals surface area contributed by atoms with E-state index in [-0.39, 0.29) is 12.1 Å². The number of anilines is 1. The third-order valence-electron chi connectivity index (χ3n) is 2.94. The van der Waals surface area contributed by atoms with Gasteiger partial charge in [0, 0.05) is 11.1 Å². The Hall–Kier alpha value is -0.640. The summed E-state index contributed by atoms with van der Waals surface area (Å²) in [6.45, 7) is 0. The molecule has 2 amide bonds. The zero-order valence-electron chi connectivity index (χ0n) is 9.60. The minimum atomic E-state index is -0.284. The highest BCUT2D eigenvalue weighted by atomic mass is 35.5. The first kappa shape index (κ1) is 13.8. The number of amides is 2. The van der Waals surface area contributed by atoms with Gasteiger partial charge in [0.1, 0.15) is 0 Å². The Labute approximate surface area is 121 Å². The number of benzene rings is 1. The molecule has 6 heteroatoms. The Morgan fingerprint density at radius 1 is 1.11 bits per heavy atom. The van der Waals surface area contributed by atoms with Gasteiger partial charge in [-0.25, -0.2) is 4.79 Å². The highest BCUT2D eigenvalue weighted by molar-refractivity contribution is 6.42. The number of carbonyl (C=O) groups is 1. The van der Waals surface area contributed by atoms with Gasteiger partial charge in [0.25, 0.3) is 0 Å². The Morgan fingerprint density at radius 3 is 2.22 bits per heavy atom. The molecule has 0 radical (unpaired) electrons. The number of nitrogens with one attached hydrogen (secondary N) is 2. The third kappa shape index (κ3) is 3.44. The Bertz CT molecular complexity index is 436. The summed E-state index contributed by atoms with van der Waals surface area (Å²) in [5, 5.41) is 6.65. The van der Waals surface area contributed by atoms with E-state index < -0.39 is 0 Å². The molecule has 0 aromatic heterocycles. The maximum Gasteiger partial charge on any atom is 0.319 e. The van der Waals surface area contributed by atoms with Crippen LogP contribution in [0.1, 0.15) is 25.7 Å². The molecule has 2 N–H and O–H groups in total. The summed E-state index contributed by atoms with van der Waals surface area (Å²) in [4.78, 5) is 11.8. The van der Waals surface area contributed by atoms with Crippen LogP contribution in [-0.4, -0.2) is 12.1 Å². The Morgan fingerprint density at radius 2 is 1.67 bits per heavy atom. The number of halogens is 3. The lowest BCUT2D eigenvalue weighted by molar-refractivity contribution is 0.248. The van der Waals surface area contributed by atoms with Gasteiger partial charge in [0.2, 0.25) is 0 Å². The average Bonchev–Trinajstić information content (AvgIpc) is 2.76. The van der Waals surface area contributed by atoms with Gasteiger partial charge in [-0.05, 0) is 25.0 Å². The summed E-state index contributed by atoms with van der Waals surface area (Å²) in [7, 11) is 0. The maximum absolute atomic E-state index is 11.8. The molecule has 0 atom stereocenters. The lowest BCUT2D eigenvalue weighted by Gasteiger charge is -2.14. The monoisotopic (exact) mass is 306 g/mol. The van der Waals surface area contributed by atoms with Crippen molar-refractivity contribution in [3.8, 4) is 0 Å². The molecular formula is C12H13Cl3N2O. The van der Waals surface area contributed by atoms with Crippen molar-refractivity contribution in [2.24, 2.45) is 0 Å². The van der Waals surface area contributed by atoms with Crippen LogP contribution in [0.3, 0.4) is 0 Å². The molecule has 0 saturated heterocycles. The van der Waals surface area contributed by atoms with E-state index in [1.54, 1.807) is 12.1 Å². The molecule has 0 bridgehead atoms. The molecule has 0 unspecified atom stereocenters. The molecule has 0 aliphatic heterocycles. The fourth-order valence-corrected chi connectivity index (χ4v) is 2.98. The van der Waals surface area contributed by atoms with E-state index in [9.17, 15) is 4.79 Å². The number of hydrogen-bond acceptors (Lipinski definition) is 1. The fraction of sp³-hybridized carbons (Fsp3) is 0.417. The molecular weight excluding hydrogens is 295 g/mol. The predicted octanol–water partition coefficient (Wildman–Crippen LogP) is 4.71. The van der Waals surface area contributed by atoms with Crippen LogP contribution in [0.25, 0.3) is 0 Å². The second kappa shape index (κ2) is 6.00. The molecule has 0 spiro atoms. The van der Waals surface area contributed by atoms with E-state index in [1.807, 2.05) is 0 Å². The summed E-state index contributed by atoms with van der Waals surface area (Å²) in [5.74, 6) is 0. The second-order valence-electron chi connectivity index (χ2n) is 4.32. The van der Waals surface area contributed by atoms with Gasteiger partial charge in [-0.15, -0.1) is 0 Å². The van der Waals surface area contributed by atoms with Crippen molar-refractivity contribution in [2.75, 3.05) is 5.32 Å². The van der Waals surface area contributed by atoms with E-state index in [1.165, 1.54) is 0 Å². The van der Waals surface area contributed by atoms with Crippen LogP contribution in [0.2, 0.25) is 15.1 Å². The summed E-state index contributed by atoms with van der Waals surface area (Å²) in [6, 6.07) is 3.04. The van der Waals surface area contributed by atoms with E-state index in [0.717, 1.165) is 25.7 Å². The summed E-state index contributed by atoms with van der Waals surface area (Å²) in [6.07, 6.45) is 4.37. The Balaban J connectivity index is 2.02. The van der Waals surface area contributed by atoms with Crippen LogP contribution in [-0.2, 0) is 0 Å². The first-order valence-electron chi connectivity index (χ1n) is 5.78. The van der Waals surface area contributed by atoms with Gasteiger partial charge in [0.05, 0.1) is 15.7 Å². The van der Waals surface area contributed by atoms with Crippen molar-refractivity contribution in [1.29, 1.82) is 0 Å². The molecule has 18 heavy (non-hydrogen) atoms. The van der Waals surface area contributed by atoms with Crippen molar-refractivity contribution in [3.63, 3.8) is 0 Å². The second-order valence-corrected chi connectivity index (χ2v) is 5.58. The quantitative estimate of drug-likeness (QED) is 0.816. The summed E-state index contributed by atoms with van der Waals surface area (Å²) in [5.41, 5.74) is 0.387. The predicted molar refractivity (Wildman–Crippen MR) is 75.9 cm³/mol. The molecule has 1 aromatic carbocycles. The molecule has 98 valence electrons. The maximum atomic E-state index is 11.8. The molecule has 2 rings (SSSR count). The first-order chi connectivity index (χ1) is 8.56. The number of hydrogen-bond donors (Lipinski definition) is 2. The van der Waals surface area contributed by atoms with E-state index in [0.29, 0.717) is 20.8 Å². The SMILES string of the molecule is O=C(Nc1c(Cl)cc(Cl)cc1Cl)NC1CCCC1. The van der Waals surface area contributed by atoms with Gasteiger partial charge in [0.15, 0.2) is 0 Å². The third-order valence-corrected chi connectivity index (χ3v) is 3.75. The van der Waals surface area contributed by atoms with Crippen LogP contribution in [0.5, 0.6) is 0 Å². The highest BCUT2D eigenvalue weighted by Crippen LogP contribution is 2.33. The largest absolute Gasteiger partial charge is 0.335 e. The standard InChI is InChI=1S/C12H13Cl3N2O/c13-7-5-9(14)11(10(15)6-7)17-12(18)16-8-3-1-2-4-8/h5-6,8H,1-4H2,(H2,16,17,18). The molecule has 1 aliphatic carbocycles. The molecule has 1 saturated carbocycles. The van der Waals surface area contributed by atoms with Crippen LogP contribution < -0.4 is 10.6 Å². The van der Waals surface area contributed by atoms with Crippen LogP contribution >= 0.6 is 34.8 Å². The molecule has 1 aliphatic rings. The van der Waals surface area contributed by atoms with Gasteiger partial charge in [-0.1, -0.05) is 47.6 Å². The minimum Gasteiger partial charge on any atom is -0.335 e. The van der Waals surface area contributed by atoms with E-state index in [2.05, 4.69) is 10.6 Å². The number of rotatable bonds is 2. The van der Waals surface area contributed by atoms with E-state index >= 15 is 0 Å². The van der Waals surface area contributed by atoms with Crippen molar-refractivity contribution in [1.82, 2.24) is 5.32 Å². The molecule has 0 heterocycles. The number of carbonyl (C=O) groups excluding carboxylic acids is 1. The van der Waals surface area contributed by atoms with Gasteiger partial charge in [-0.3, -0.25) is 0 Å². The fourth-order valence-electron chi connectivity index (χ4n) is 2.07. The molecule has 1 fully saturated rings. The molecule has 1 aromatic rings. The van der Waals surface area contributed by atoms with Gasteiger partial charge < -0.3 is 10.6 Å². The average molecular weight is 308 g/mol. The Kier molecular flexibility index (Phi) is 4.60.